The topological polar surface area (TPSA) is 39.3 Å². The van der Waals surface area contributed by atoms with Gasteiger partial charge >= 0.3 is 0 Å². The molecule has 3 rings (SSSR count). The summed E-state index contributed by atoms with van der Waals surface area (Å²) in [5, 5.41) is 0. The monoisotopic (exact) mass is 297 g/mol. The molecule has 1 aliphatic heterocycles. The number of aromatic nitrogens is 1. The summed E-state index contributed by atoms with van der Waals surface area (Å²) in [7, 11) is 3.54. The lowest BCUT2D eigenvalue weighted by atomic mass is 9.94. The second-order valence-corrected chi connectivity index (χ2v) is 6.42. The van der Waals surface area contributed by atoms with Gasteiger partial charge in [-0.25, -0.2) is 0 Å². The largest absolute Gasteiger partial charge is 0.365 e. The third-order valence-corrected chi connectivity index (χ3v) is 4.18. The molecule has 2 aromatic rings. The normalized spacial score (nSPS) is 17.2. The first-order valence-electron chi connectivity index (χ1n) is 7.77. The predicted molar refractivity (Wildman–Crippen MR) is 89.2 cm³/mol. The molecule has 0 radical (unpaired) electrons. The van der Waals surface area contributed by atoms with E-state index in [1.54, 1.807) is 19.0 Å². The zero-order valence-corrected chi connectivity index (χ0v) is 13.5. The molecular weight excluding hydrogens is 274 g/mol. The molecule has 22 heavy (non-hydrogen) atoms. The summed E-state index contributed by atoms with van der Waals surface area (Å²) < 4.78 is 0. The van der Waals surface area contributed by atoms with Gasteiger partial charge in [0.2, 0.25) is 0 Å². The molecule has 1 aromatic heterocycles. The minimum absolute atomic E-state index is 0.0127. The van der Waals surface area contributed by atoms with Gasteiger partial charge in [0, 0.05) is 32.0 Å². The first-order valence-corrected chi connectivity index (χ1v) is 7.77. The number of nitrogens with zero attached hydrogens (tertiary/aromatic N) is 2. The Morgan fingerprint density at radius 1 is 1.27 bits per heavy atom. The first-order chi connectivity index (χ1) is 10.5. The summed E-state index contributed by atoms with van der Waals surface area (Å²) in [4.78, 5) is 19.2. The Morgan fingerprint density at radius 3 is 2.82 bits per heavy atom. The van der Waals surface area contributed by atoms with Crippen molar-refractivity contribution in [1.82, 2.24) is 9.88 Å². The van der Waals surface area contributed by atoms with Crippen LogP contribution in [0.25, 0.3) is 0 Å². The Morgan fingerprint density at radius 2 is 2.05 bits per heavy atom. The van der Waals surface area contributed by atoms with Crippen LogP contribution in [0.15, 0.2) is 36.4 Å². The smallest absolute Gasteiger partial charge is 0.269 e. The Labute approximate surface area is 131 Å². The summed E-state index contributed by atoms with van der Waals surface area (Å²) in [6.45, 7) is 4.15. The molecule has 2 heterocycles. The van der Waals surface area contributed by atoms with Crippen LogP contribution >= 0.6 is 0 Å². The van der Waals surface area contributed by atoms with Crippen molar-refractivity contribution < 1.29 is 4.79 Å². The van der Waals surface area contributed by atoms with Crippen molar-refractivity contribution in [2.24, 2.45) is 5.92 Å². The lowest BCUT2D eigenvalue weighted by Gasteiger charge is -2.34. The zero-order valence-electron chi connectivity index (χ0n) is 13.5. The van der Waals surface area contributed by atoms with Gasteiger partial charge in [-0.3, -0.25) is 4.79 Å². The fourth-order valence-corrected chi connectivity index (χ4v) is 3.16. The van der Waals surface area contributed by atoms with E-state index < -0.39 is 0 Å². The lowest BCUT2D eigenvalue weighted by Crippen LogP contribution is -2.33. The summed E-state index contributed by atoms with van der Waals surface area (Å²) in [5.41, 5.74) is 4.46. The van der Waals surface area contributed by atoms with E-state index in [0.717, 1.165) is 25.2 Å². The molecule has 116 valence electrons. The highest BCUT2D eigenvalue weighted by Crippen LogP contribution is 2.30. The third kappa shape index (κ3) is 2.86. The third-order valence-electron chi connectivity index (χ3n) is 4.18. The molecule has 1 aromatic carbocycles. The van der Waals surface area contributed by atoms with E-state index in [1.807, 2.05) is 12.1 Å². The van der Waals surface area contributed by atoms with Crippen LogP contribution in [0, 0.1) is 5.92 Å². The molecule has 4 nitrogen and oxygen atoms in total. The molecule has 1 aliphatic rings. The van der Waals surface area contributed by atoms with Crippen LogP contribution in [-0.2, 0) is 13.0 Å². The van der Waals surface area contributed by atoms with Gasteiger partial charge in [-0.05, 0) is 36.1 Å². The van der Waals surface area contributed by atoms with E-state index in [-0.39, 0.29) is 5.91 Å². The van der Waals surface area contributed by atoms with E-state index in [1.165, 1.54) is 11.3 Å². The maximum atomic E-state index is 12.0. The summed E-state index contributed by atoms with van der Waals surface area (Å²) >= 11 is 0. The SMILES string of the molecule is C[C@@H]1Cc2ccccc2N(Cc2ccc(C(=O)N(C)C)[nH]2)C1. The van der Waals surface area contributed by atoms with E-state index in [9.17, 15) is 4.79 Å². The Bertz CT molecular complexity index is 674. The average Bonchev–Trinajstić information content (AvgIpc) is 2.94. The Balaban J connectivity index is 1.80. The second-order valence-electron chi connectivity index (χ2n) is 6.42. The number of fused-ring (bicyclic) bond motifs is 1. The van der Waals surface area contributed by atoms with Gasteiger partial charge in [0.1, 0.15) is 5.69 Å². The average molecular weight is 297 g/mol. The molecular formula is C18H23N3O. The Hall–Kier alpha value is -2.23. The van der Waals surface area contributed by atoms with E-state index in [4.69, 9.17) is 0 Å². The first kappa shape index (κ1) is 14.7. The maximum absolute atomic E-state index is 12.0. The molecule has 1 atom stereocenters. The van der Waals surface area contributed by atoms with Gasteiger partial charge in [-0.1, -0.05) is 25.1 Å². The second kappa shape index (κ2) is 5.87. The van der Waals surface area contributed by atoms with Crippen molar-refractivity contribution in [3.05, 3.63) is 53.3 Å². The van der Waals surface area contributed by atoms with Gasteiger partial charge in [-0.15, -0.1) is 0 Å². The van der Waals surface area contributed by atoms with Crippen molar-refractivity contribution in [1.29, 1.82) is 0 Å². The van der Waals surface area contributed by atoms with Crippen molar-refractivity contribution in [3.8, 4) is 0 Å². The number of para-hydroxylation sites is 1. The van der Waals surface area contributed by atoms with Crippen LogP contribution in [0.1, 0.15) is 28.7 Å². The number of anilines is 1. The lowest BCUT2D eigenvalue weighted by molar-refractivity contribution is 0.0822. The number of carbonyl (C=O) groups is 1. The molecule has 0 saturated heterocycles. The number of amides is 1. The molecule has 4 heteroatoms. The molecule has 0 unspecified atom stereocenters. The highest BCUT2D eigenvalue weighted by atomic mass is 16.2. The van der Waals surface area contributed by atoms with Crippen molar-refractivity contribution >= 4 is 11.6 Å². The van der Waals surface area contributed by atoms with Crippen LogP contribution in [0.2, 0.25) is 0 Å². The van der Waals surface area contributed by atoms with Gasteiger partial charge in [0.05, 0.1) is 6.54 Å². The van der Waals surface area contributed by atoms with Crippen LogP contribution in [0.5, 0.6) is 0 Å². The van der Waals surface area contributed by atoms with Crippen molar-refractivity contribution in [3.63, 3.8) is 0 Å². The molecule has 0 fully saturated rings. The number of nitrogens with one attached hydrogen (secondary N) is 1. The highest BCUT2D eigenvalue weighted by molar-refractivity contribution is 5.92. The molecule has 0 spiro atoms. The quantitative estimate of drug-likeness (QED) is 0.946. The number of hydrogen-bond acceptors (Lipinski definition) is 2. The van der Waals surface area contributed by atoms with Gasteiger partial charge in [-0.2, -0.15) is 0 Å². The number of hydrogen-bond donors (Lipinski definition) is 1. The summed E-state index contributed by atoms with van der Waals surface area (Å²) in [6, 6.07) is 12.5. The van der Waals surface area contributed by atoms with Gasteiger partial charge in [0.25, 0.3) is 5.91 Å². The zero-order chi connectivity index (χ0) is 15.7. The van der Waals surface area contributed by atoms with Gasteiger partial charge in [0.15, 0.2) is 0 Å². The number of rotatable bonds is 3. The fraction of sp³-hybridized carbons (Fsp3) is 0.389. The minimum Gasteiger partial charge on any atom is -0.365 e. The van der Waals surface area contributed by atoms with Crippen LogP contribution in [-0.4, -0.2) is 36.4 Å². The van der Waals surface area contributed by atoms with Gasteiger partial charge < -0.3 is 14.8 Å². The van der Waals surface area contributed by atoms with Crippen LogP contribution in [0.3, 0.4) is 0 Å². The Kier molecular flexibility index (Phi) is 3.92. The van der Waals surface area contributed by atoms with Crippen molar-refractivity contribution in [2.45, 2.75) is 19.9 Å². The summed E-state index contributed by atoms with van der Waals surface area (Å²) in [6.07, 6.45) is 1.14. The van der Waals surface area contributed by atoms with E-state index in [0.29, 0.717) is 11.6 Å². The molecule has 0 aliphatic carbocycles. The number of aromatic amines is 1. The maximum Gasteiger partial charge on any atom is 0.269 e. The number of carbonyl (C=O) groups excluding carboxylic acids is 1. The molecule has 0 saturated carbocycles. The highest BCUT2D eigenvalue weighted by Gasteiger charge is 2.22. The van der Waals surface area contributed by atoms with Crippen LogP contribution < -0.4 is 4.90 Å². The van der Waals surface area contributed by atoms with Crippen molar-refractivity contribution in [2.75, 3.05) is 25.5 Å². The number of benzene rings is 1. The number of H-pyrrole nitrogens is 1. The molecule has 0 bridgehead atoms. The molecule has 1 N–H and O–H groups in total. The molecule has 1 amide bonds. The standard InChI is InChI=1S/C18H23N3O/c1-13-10-14-6-4-5-7-17(14)21(11-13)12-15-8-9-16(19-15)18(22)20(2)3/h4-9,13,19H,10-12H2,1-3H3/t13-/m1/s1. The van der Waals surface area contributed by atoms with E-state index >= 15 is 0 Å². The summed E-state index contributed by atoms with van der Waals surface area (Å²) in [5.74, 6) is 0.659. The fourth-order valence-electron chi connectivity index (χ4n) is 3.16. The minimum atomic E-state index is 0.0127. The van der Waals surface area contributed by atoms with Crippen LogP contribution in [0.4, 0.5) is 5.69 Å². The van der Waals surface area contributed by atoms with E-state index in [2.05, 4.69) is 41.1 Å². The predicted octanol–water partition coefficient (Wildman–Crippen LogP) is 2.92.